The first-order valence-electron chi connectivity index (χ1n) is 5.61. The van der Waals surface area contributed by atoms with E-state index in [0.717, 1.165) is 29.0 Å². The van der Waals surface area contributed by atoms with Crippen molar-refractivity contribution >= 4 is 11.0 Å². The van der Waals surface area contributed by atoms with Gasteiger partial charge in [-0.2, -0.15) is 0 Å². The molecule has 3 rings (SSSR count). The molecule has 0 fully saturated rings. The zero-order valence-corrected chi connectivity index (χ0v) is 9.54. The summed E-state index contributed by atoms with van der Waals surface area (Å²) in [4.78, 5) is 12.8. The molecule has 3 heterocycles. The molecule has 17 heavy (non-hydrogen) atoms. The number of pyridine rings is 2. The molecule has 3 aromatic heterocycles. The number of nitrogens with zero attached hydrogens (tertiary/aromatic N) is 4. The lowest BCUT2D eigenvalue weighted by Gasteiger charge is -2.05. The van der Waals surface area contributed by atoms with E-state index in [2.05, 4.69) is 26.4 Å². The Bertz CT molecular complexity index is 643. The minimum atomic E-state index is 0.887. The fourth-order valence-corrected chi connectivity index (χ4v) is 2.02. The van der Waals surface area contributed by atoms with Gasteiger partial charge in [-0.25, -0.2) is 4.98 Å². The van der Waals surface area contributed by atoms with Crippen LogP contribution in [0.15, 0.2) is 43.0 Å². The minimum Gasteiger partial charge on any atom is -0.324 e. The van der Waals surface area contributed by atoms with Gasteiger partial charge in [-0.3, -0.25) is 9.97 Å². The van der Waals surface area contributed by atoms with Crippen LogP contribution in [-0.2, 0) is 6.54 Å². The third kappa shape index (κ3) is 1.58. The van der Waals surface area contributed by atoms with Crippen LogP contribution in [0.3, 0.4) is 0 Å². The predicted molar refractivity (Wildman–Crippen MR) is 66.4 cm³/mol. The van der Waals surface area contributed by atoms with E-state index in [-0.39, 0.29) is 0 Å². The molecule has 3 aromatic rings. The third-order valence-electron chi connectivity index (χ3n) is 2.81. The second-order valence-electron chi connectivity index (χ2n) is 3.78. The molecular formula is C13H12N4. The molecule has 0 aliphatic carbocycles. The molecular weight excluding hydrogens is 212 g/mol. The van der Waals surface area contributed by atoms with Crippen molar-refractivity contribution in [2.45, 2.75) is 13.5 Å². The molecule has 0 N–H and O–H groups in total. The van der Waals surface area contributed by atoms with Crippen molar-refractivity contribution in [3.8, 4) is 11.4 Å². The highest BCUT2D eigenvalue weighted by atomic mass is 15.1. The molecule has 0 bridgehead atoms. The maximum atomic E-state index is 4.63. The Balaban J connectivity index is 2.30. The molecule has 0 saturated carbocycles. The van der Waals surface area contributed by atoms with Gasteiger partial charge in [-0.1, -0.05) is 0 Å². The minimum absolute atomic E-state index is 0.887. The topological polar surface area (TPSA) is 43.6 Å². The van der Waals surface area contributed by atoms with Crippen molar-refractivity contribution < 1.29 is 0 Å². The summed E-state index contributed by atoms with van der Waals surface area (Å²) in [7, 11) is 0. The van der Waals surface area contributed by atoms with Gasteiger partial charge in [0, 0.05) is 30.7 Å². The van der Waals surface area contributed by atoms with E-state index in [9.17, 15) is 0 Å². The van der Waals surface area contributed by atoms with E-state index >= 15 is 0 Å². The van der Waals surface area contributed by atoms with Gasteiger partial charge in [0.15, 0.2) is 0 Å². The van der Waals surface area contributed by atoms with Crippen LogP contribution < -0.4 is 0 Å². The molecule has 0 aliphatic heterocycles. The fraction of sp³-hybridized carbons (Fsp3) is 0.154. The number of hydrogen-bond acceptors (Lipinski definition) is 3. The maximum Gasteiger partial charge on any atom is 0.141 e. The van der Waals surface area contributed by atoms with Gasteiger partial charge >= 0.3 is 0 Å². The molecule has 0 aliphatic rings. The zero-order chi connectivity index (χ0) is 11.7. The summed E-state index contributed by atoms with van der Waals surface area (Å²) in [6, 6.07) is 5.94. The second kappa shape index (κ2) is 3.97. The zero-order valence-electron chi connectivity index (χ0n) is 9.54. The lowest BCUT2D eigenvalue weighted by molar-refractivity contribution is 0.796. The molecule has 84 valence electrons. The molecule has 0 aromatic carbocycles. The lowest BCUT2D eigenvalue weighted by atomic mass is 10.2. The standard InChI is InChI=1S/C13H12N4/c1-2-17-12-5-8-15-9-11(12)16-13(17)10-3-6-14-7-4-10/h3-9H,2H2,1H3. The average Bonchev–Trinajstić information content (AvgIpc) is 2.78. The van der Waals surface area contributed by atoms with Crippen molar-refractivity contribution in [3.05, 3.63) is 43.0 Å². The number of hydrogen-bond donors (Lipinski definition) is 0. The van der Waals surface area contributed by atoms with Gasteiger partial charge in [-0.15, -0.1) is 0 Å². The van der Waals surface area contributed by atoms with E-state index < -0.39 is 0 Å². The molecule has 0 unspecified atom stereocenters. The predicted octanol–water partition coefficient (Wildman–Crippen LogP) is 2.51. The number of aromatic nitrogens is 4. The highest BCUT2D eigenvalue weighted by molar-refractivity contribution is 5.79. The number of imidazole rings is 1. The number of aryl methyl sites for hydroxylation is 1. The Morgan fingerprint density at radius 2 is 1.82 bits per heavy atom. The SMILES string of the molecule is CCn1c(-c2ccncc2)nc2cnccc21. The second-order valence-corrected chi connectivity index (χ2v) is 3.78. The molecule has 4 heteroatoms. The first-order valence-corrected chi connectivity index (χ1v) is 5.61. The van der Waals surface area contributed by atoms with Gasteiger partial charge < -0.3 is 4.57 Å². The summed E-state index contributed by atoms with van der Waals surface area (Å²) in [6.45, 7) is 3.00. The molecule has 0 atom stereocenters. The van der Waals surface area contributed by atoms with E-state index in [4.69, 9.17) is 0 Å². The summed E-state index contributed by atoms with van der Waals surface area (Å²) in [5.41, 5.74) is 3.13. The quantitative estimate of drug-likeness (QED) is 0.671. The van der Waals surface area contributed by atoms with Gasteiger partial charge in [0.1, 0.15) is 11.3 Å². The van der Waals surface area contributed by atoms with Crippen LogP contribution in [0.4, 0.5) is 0 Å². The van der Waals surface area contributed by atoms with Crippen molar-refractivity contribution in [1.29, 1.82) is 0 Å². The highest BCUT2D eigenvalue weighted by Gasteiger charge is 2.10. The van der Waals surface area contributed by atoms with Crippen molar-refractivity contribution in [2.24, 2.45) is 0 Å². The Morgan fingerprint density at radius 1 is 1.06 bits per heavy atom. The maximum absolute atomic E-state index is 4.63. The summed E-state index contributed by atoms with van der Waals surface area (Å²) in [6.07, 6.45) is 7.17. The van der Waals surface area contributed by atoms with Crippen molar-refractivity contribution in [1.82, 2.24) is 19.5 Å². The van der Waals surface area contributed by atoms with E-state index in [1.165, 1.54) is 0 Å². The Hall–Kier alpha value is -2.23. The lowest BCUT2D eigenvalue weighted by Crippen LogP contribution is -1.97. The molecule has 0 spiro atoms. The van der Waals surface area contributed by atoms with Crippen molar-refractivity contribution in [2.75, 3.05) is 0 Å². The summed E-state index contributed by atoms with van der Waals surface area (Å²) in [5, 5.41) is 0. The molecule has 4 nitrogen and oxygen atoms in total. The van der Waals surface area contributed by atoms with Crippen LogP contribution >= 0.6 is 0 Å². The monoisotopic (exact) mass is 224 g/mol. The molecule has 0 radical (unpaired) electrons. The molecule has 0 amide bonds. The van der Waals surface area contributed by atoms with Gasteiger partial charge in [0.25, 0.3) is 0 Å². The van der Waals surface area contributed by atoms with Gasteiger partial charge in [0.05, 0.1) is 11.7 Å². The van der Waals surface area contributed by atoms with Crippen LogP contribution in [0.2, 0.25) is 0 Å². The summed E-state index contributed by atoms with van der Waals surface area (Å²) >= 11 is 0. The Labute approximate surface area is 99.0 Å². The fourth-order valence-electron chi connectivity index (χ4n) is 2.02. The van der Waals surface area contributed by atoms with E-state index in [0.29, 0.717) is 0 Å². The number of rotatable bonds is 2. The average molecular weight is 224 g/mol. The largest absolute Gasteiger partial charge is 0.324 e. The third-order valence-corrected chi connectivity index (χ3v) is 2.81. The molecule has 0 saturated heterocycles. The van der Waals surface area contributed by atoms with Crippen LogP contribution in [-0.4, -0.2) is 19.5 Å². The summed E-state index contributed by atoms with van der Waals surface area (Å²) in [5.74, 6) is 0.970. The summed E-state index contributed by atoms with van der Waals surface area (Å²) < 4.78 is 2.19. The van der Waals surface area contributed by atoms with Crippen LogP contribution in [0.1, 0.15) is 6.92 Å². The smallest absolute Gasteiger partial charge is 0.141 e. The van der Waals surface area contributed by atoms with Crippen LogP contribution in [0, 0.1) is 0 Å². The first-order chi connectivity index (χ1) is 8.40. The number of fused-ring (bicyclic) bond motifs is 1. The van der Waals surface area contributed by atoms with Crippen LogP contribution in [0.25, 0.3) is 22.4 Å². The van der Waals surface area contributed by atoms with Gasteiger partial charge in [-0.05, 0) is 25.1 Å². The van der Waals surface area contributed by atoms with E-state index in [1.807, 2.05) is 18.2 Å². The highest BCUT2D eigenvalue weighted by Crippen LogP contribution is 2.23. The first kappa shape index (κ1) is 9.96. The Morgan fingerprint density at radius 3 is 2.59 bits per heavy atom. The van der Waals surface area contributed by atoms with E-state index in [1.54, 1.807) is 24.8 Å². The normalized spacial score (nSPS) is 10.9. The Kier molecular flexibility index (Phi) is 2.33. The van der Waals surface area contributed by atoms with Crippen LogP contribution in [0.5, 0.6) is 0 Å². The van der Waals surface area contributed by atoms with Gasteiger partial charge in [0.2, 0.25) is 0 Å². The van der Waals surface area contributed by atoms with Crippen molar-refractivity contribution in [3.63, 3.8) is 0 Å².